The molecule has 3 rings (SSSR count). The Bertz CT molecular complexity index is 587. The minimum atomic E-state index is -0.325. The predicted molar refractivity (Wildman–Crippen MR) is 75.9 cm³/mol. The van der Waals surface area contributed by atoms with Gasteiger partial charge in [-0.25, -0.2) is 4.79 Å². The summed E-state index contributed by atoms with van der Waals surface area (Å²) in [5.41, 5.74) is 3.59. The Hall–Kier alpha value is -1.88. The van der Waals surface area contributed by atoms with Gasteiger partial charge in [0.15, 0.2) is 0 Å². The number of nitrogens with zero attached hydrogens (tertiary/aromatic N) is 1. The van der Waals surface area contributed by atoms with E-state index in [1.807, 2.05) is 32.9 Å². The number of amides is 1. The first kappa shape index (κ1) is 14.1. The highest BCUT2D eigenvalue weighted by Gasteiger charge is 2.45. The van der Waals surface area contributed by atoms with Gasteiger partial charge in [0, 0.05) is 0 Å². The molecule has 2 saturated heterocycles. The fraction of sp³-hybridized carbons (Fsp3) is 0.500. The van der Waals surface area contributed by atoms with E-state index in [-0.39, 0.29) is 30.8 Å². The second-order valence-corrected chi connectivity index (χ2v) is 5.84. The molecule has 0 N–H and O–H groups in total. The van der Waals surface area contributed by atoms with E-state index >= 15 is 0 Å². The van der Waals surface area contributed by atoms with Crippen LogP contribution in [0.4, 0.5) is 0 Å². The van der Waals surface area contributed by atoms with Crippen molar-refractivity contribution in [3.05, 3.63) is 34.4 Å². The molecule has 112 valence electrons. The molecule has 2 fully saturated rings. The smallest absolute Gasteiger partial charge is 0.338 e. The molecule has 2 aliphatic rings. The zero-order chi connectivity index (χ0) is 15.1. The standard InChI is InChI=1S/C16H19NO4/c1-9-4-10(2)15(11(3)5-9)16(19)20-8-12-7-17-13(18)6-14(17)21-12/h4-5,12,14H,6-8H2,1-3H3. The lowest BCUT2D eigenvalue weighted by Crippen LogP contribution is -2.48. The van der Waals surface area contributed by atoms with E-state index in [0.29, 0.717) is 18.5 Å². The quantitative estimate of drug-likeness (QED) is 0.628. The number of carbonyl (C=O) groups excluding carboxylic acids is 2. The number of fused-ring (bicyclic) bond motifs is 1. The van der Waals surface area contributed by atoms with Gasteiger partial charge in [0.25, 0.3) is 0 Å². The van der Waals surface area contributed by atoms with E-state index in [0.717, 1.165) is 16.7 Å². The maximum absolute atomic E-state index is 12.2. The van der Waals surface area contributed by atoms with Gasteiger partial charge in [-0.2, -0.15) is 0 Å². The average Bonchev–Trinajstić information content (AvgIpc) is 2.72. The van der Waals surface area contributed by atoms with Crippen LogP contribution < -0.4 is 0 Å². The van der Waals surface area contributed by atoms with Crippen LogP contribution >= 0.6 is 0 Å². The van der Waals surface area contributed by atoms with Crippen molar-refractivity contribution < 1.29 is 19.1 Å². The molecule has 1 aromatic carbocycles. The molecule has 0 radical (unpaired) electrons. The number of esters is 1. The van der Waals surface area contributed by atoms with Crippen LogP contribution in [-0.4, -0.2) is 42.3 Å². The molecular formula is C16H19NO4. The van der Waals surface area contributed by atoms with E-state index in [1.165, 1.54) is 0 Å². The van der Waals surface area contributed by atoms with Gasteiger partial charge in [-0.1, -0.05) is 17.7 Å². The van der Waals surface area contributed by atoms with Crippen LogP contribution in [0, 0.1) is 20.8 Å². The maximum Gasteiger partial charge on any atom is 0.338 e. The van der Waals surface area contributed by atoms with Crippen LogP contribution in [0.2, 0.25) is 0 Å². The molecule has 2 unspecified atom stereocenters. The lowest BCUT2D eigenvalue weighted by Gasteiger charge is -2.31. The van der Waals surface area contributed by atoms with Gasteiger partial charge in [0.2, 0.25) is 5.91 Å². The topological polar surface area (TPSA) is 55.8 Å². The average molecular weight is 289 g/mol. The minimum Gasteiger partial charge on any atom is -0.459 e. The maximum atomic E-state index is 12.2. The van der Waals surface area contributed by atoms with Gasteiger partial charge in [-0.15, -0.1) is 0 Å². The first-order chi connectivity index (χ1) is 9.95. The van der Waals surface area contributed by atoms with Crippen molar-refractivity contribution in [2.24, 2.45) is 0 Å². The van der Waals surface area contributed by atoms with Crippen molar-refractivity contribution in [3.8, 4) is 0 Å². The van der Waals surface area contributed by atoms with Gasteiger partial charge < -0.3 is 14.4 Å². The van der Waals surface area contributed by atoms with Crippen molar-refractivity contribution in [1.82, 2.24) is 4.90 Å². The fourth-order valence-corrected chi connectivity index (χ4v) is 3.09. The van der Waals surface area contributed by atoms with E-state index < -0.39 is 0 Å². The molecular weight excluding hydrogens is 270 g/mol. The summed E-state index contributed by atoms with van der Waals surface area (Å²) in [6.45, 7) is 6.53. The Morgan fingerprint density at radius 1 is 1.33 bits per heavy atom. The molecule has 1 amide bonds. The summed E-state index contributed by atoms with van der Waals surface area (Å²) in [6, 6.07) is 3.94. The van der Waals surface area contributed by atoms with Crippen molar-refractivity contribution in [2.75, 3.05) is 13.2 Å². The summed E-state index contributed by atoms with van der Waals surface area (Å²) in [7, 11) is 0. The largest absolute Gasteiger partial charge is 0.459 e. The van der Waals surface area contributed by atoms with E-state index in [9.17, 15) is 9.59 Å². The van der Waals surface area contributed by atoms with Gasteiger partial charge >= 0.3 is 5.97 Å². The zero-order valence-electron chi connectivity index (χ0n) is 12.5. The Morgan fingerprint density at radius 3 is 2.57 bits per heavy atom. The van der Waals surface area contributed by atoms with Gasteiger partial charge in [0.05, 0.1) is 18.5 Å². The van der Waals surface area contributed by atoms with E-state index in [2.05, 4.69) is 0 Å². The molecule has 0 saturated carbocycles. The third-order valence-electron chi connectivity index (χ3n) is 4.05. The number of aryl methyl sites for hydroxylation is 3. The summed E-state index contributed by atoms with van der Waals surface area (Å²) in [5.74, 6) is -0.215. The van der Waals surface area contributed by atoms with E-state index in [1.54, 1.807) is 4.90 Å². The molecule has 2 aliphatic heterocycles. The van der Waals surface area contributed by atoms with Crippen molar-refractivity contribution in [2.45, 2.75) is 39.5 Å². The Kier molecular flexibility index (Phi) is 3.45. The lowest BCUT2D eigenvalue weighted by molar-refractivity contribution is -0.156. The van der Waals surface area contributed by atoms with Crippen LogP contribution in [0.3, 0.4) is 0 Å². The summed E-state index contributed by atoms with van der Waals surface area (Å²) in [5, 5.41) is 0. The molecule has 2 atom stereocenters. The highest BCUT2D eigenvalue weighted by molar-refractivity contribution is 5.92. The molecule has 0 spiro atoms. The molecule has 21 heavy (non-hydrogen) atoms. The zero-order valence-corrected chi connectivity index (χ0v) is 12.5. The van der Waals surface area contributed by atoms with Crippen LogP contribution in [-0.2, 0) is 14.3 Å². The first-order valence-corrected chi connectivity index (χ1v) is 7.15. The van der Waals surface area contributed by atoms with Gasteiger partial charge in [-0.3, -0.25) is 4.79 Å². The molecule has 5 nitrogen and oxygen atoms in total. The summed E-state index contributed by atoms with van der Waals surface area (Å²) < 4.78 is 11.0. The fourth-order valence-electron chi connectivity index (χ4n) is 3.09. The van der Waals surface area contributed by atoms with Crippen molar-refractivity contribution >= 4 is 11.9 Å². The third kappa shape index (κ3) is 2.53. The number of benzene rings is 1. The Labute approximate surface area is 123 Å². The summed E-state index contributed by atoms with van der Waals surface area (Å²) in [4.78, 5) is 25.2. The third-order valence-corrected chi connectivity index (χ3v) is 4.05. The highest BCUT2D eigenvalue weighted by Crippen LogP contribution is 2.28. The SMILES string of the molecule is Cc1cc(C)c(C(=O)OCC2CN3C(=O)CC3O2)c(C)c1. The molecule has 1 aromatic rings. The molecule has 0 aromatic heterocycles. The number of ether oxygens (including phenoxy) is 2. The summed E-state index contributed by atoms with van der Waals surface area (Å²) >= 11 is 0. The van der Waals surface area contributed by atoms with Crippen molar-refractivity contribution in [1.29, 1.82) is 0 Å². The van der Waals surface area contributed by atoms with E-state index in [4.69, 9.17) is 9.47 Å². The Balaban J connectivity index is 1.61. The van der Waals surface area contributed by atoms with Crippen LogP contribution in [0.15, 0.2) is 12.1 Å². The molecule has 0 bridgehead atoms. The van der Waals surface area contributed by atoms with Crippen molar-refractivity contribution in [3.63, 3.8) is 0 Å². The number of β-lactam (4-membered cyclic amide) rings is 1. The second kappa shape index (κ2) is 5.15. The van der Waals surface area contributed by atoms with Crippen LogP contribution in [0.1, 0.15) is 33.5 Å². The number of carbonyl (C=O) groups is 2. The second-order valence-electron chi connectivity index (χ2n) is 5.84. The normalized spacial score (nSPS) is 23.8. The minimum absolute atomic E-state index is 0.107. The number of hydrogen-bond donors (Lipinski definition) is 0. The summed E-state index contributed by atoms with van der Waals surface area (Å²) in [6.07, 6.45) is 0.126. The van der Waals surface area contributed by atoms with Gasteiger partial charge in [-0.05, 0) is 31.9 Å². The number of hydrogen-bond acceptors (Lipinski definition) is 4. The first-order valence-electron chi connectivity index (χ1n) is 7.15. The molecule has 5 heteroatoms. The highest BCUT2D eigenvalue weighted by atomic mass is 16.6. The monoisotopic (exact) mass is 289 g/mol. The van der Waals surface area contributed by atoms with Crippen LogP contribution in [0.25, 0.3) is 0 Å². The molecule has 0 aliphatic carbocycles. The van der Waals surface area contributed by atoms with Gasteiger partial charge in [0.1, 0.15) is 18.9 Å². The Morgan fingerprint density at radius 2 is 2.00 bits per heavy atom. The van der Waals surface area contributed by atoms with Crippen LogP contribution in [0.5, 0.6) is 0 Å². The molecule has 2 heterocycles. The lowest BCUT2D eigenvalue weighted by atomic mass is 10.00. The predicted octanol–water partition coefficient (Wildman–Crippen LogP) is 1.73. The number of rotatable bonds is 3.